The molecule has 2 N–H and O–H groups in total. The molecule has 0 fully saturated rings. The minimum absolute atomic E-state index is 0.000471. The Balaban J connectivity index is 1.47. The van der Waals surface area contributed by atoms with Gasteiger partial charge in [-0.2, -0.15) is 5.01 Å². The monoisotopic (exact) mass is 898 g/mol. The second-order valence-electron chi connectivity index (χ2n) is 17.0. The van der Waals surface area contributed by atoms with Gasteiger partial charge in [0.25, 0.3) is 17.7 Å². The zero-order valence-corrected chi connectivity index (χ0v) is 39.9. The maximum Gasteiger partial charge on any atom is 0.268 e. The topological polar surface area (TPSA) is 100 Å². The lowest BCUT2D eigenvalue weighted by molar-refractivity contribution is -0.123. The molecular formula is C48H65Cl3N4O4S. The summed E-state index contributed by atoms with van der Waals surface area (Å²) in [5, 5.41) is 11.4. The number of amidine groups is 1. The number of nitrogens with zero attached hydrogens (tertiary/aromatic N) is 2. The Morgan fingerprint density at radius 1 is 0.800 bits per heavy atom. The Morgan fingerprint density at radius 2 is 1.42 bits per heavy atom. The summed E-state index contributed by atoms with van der Waals surface area (Å²) < 4.78 is 6.49. The molecule has 2 atom stereocenters. The Kier molecular flexibility index (Phi) is 19.2. The van der Waals surface area contributed by atoms with Crippen molar-refractivity contribution in [3.05, 3.63) is 86.4 Å². The molecule has 0 aromatic heterocycles. The van der Waals surface area contributed by atoms with E-state index in [0.29, 0.717) is 28.6 Å². The van der Waals surface area contributed by atoms with E-state index < -0.39 is 17.3 Å². The fourth-order valence-electron chi connectivity index (χ4n) is 6.97. The standard InChI is InChI=1S/C48H65Cl3N4O4S/c1-9-13-14-15-16-17-18-19-20-21-27-60-42-43(54-55(46(42)58)41-37(50)30-34(49)31-38(41)51)53-44(56)32-23-22-24-35(28-32)52-45(57)39(10-2)59-40-26-25-33(47(5,6)11-3)29-36(40)48(7,8)12-4/h22-26,28-31,39,42H,9-21,27H2,1-8H3,(H,52,57)(H,53,54,56). The number of ether oxygens (including phenoxy) is 1. The van der Waals surface area contributed by atoms with Crippen molar-refractivity contribution in [1.29, 1.82) is 0 Å². The average Bonchev–Trinajstić information content (AvgIpc) is 3.51. The number of amides is 3. The van der Waals surface area contributed by atoms with E-state index in [1.165, 1.54) is 74.4 Å². The molecule has 1 heterocycles. The second-order valence-corrected chi connectivity index (χ2v) is 19.5. The summed E-state index contributed by atoms with van der Waals surface area (Å²) in [6.07, 6.45) is 13.6. The number of nitrogens with one attached hydrogen (secondary N) is 2. The highest BCUT2D eigenvalue weighted by Crippen LogP contribution is 2.41. The molecule has 0 saturated carbocycles. The smallest absolute Gasteiger partial charge is 0.268 e. The van der Waals surface area contributed by atoms with Gasteiger partial charge in [-0.25, -0.2) is 0 Å². The number of unbranched alkanes of at least 4 members (excludes halogenated alkanes) is 9. The summed E-state index contributed by atoms with van der Waals surface area (Å²) >= 11 is 20.7. The third-order valence-electron chi connectivity index (χ3n) is 11.7. The van der Waals surface area contributed by atoms with Crippen LogP contribution in [0.5, 0.6) is 5.75 Å². The number of halogens is 3. The van der Waals surface area contributed by atoms with E-state index in [2.05, 4.69) is 76.3 Å². The van der Waals surface area contributed by atoms with Crippen molar-refractivity contribution < 1.29 is 19.1 Å². The first-order valence-corrected chi connectivity index (χ1v) is 24.0. The molecule has 0 aliphatic carbocycles. The molecule has 1 aliphatic rings. The molecule has 3 amide bonds. The molecule has 3 aromatic rings. The second kappa shape index (κ2) is 23.3. The van der Waals surface area contributed by atoms with Crippen molar-refractivity contribution in [2.24, 2.45) is 5.10 Å². The van der Waals surface area contributed by atoms with Gasteiger partial charge in [-0.05, 0) is 84.2 Å². The Labute approximate surface area is 378 Å². The zero-order valence-electron chi connectivity index (χ0n) is 36.8. The van der Waals surface area contributed by atoms with E-state index in [-0.39, 0.29) is 49.8 Å². The number of anilines is 2. The van der Waals surface area contributed by atoms with Gasteiger partial charge in [-0.15, -0.1) is 16.9 Å². The molecular weight excluding hydrogens is 835 g/mol. The summed E-state index contributed by atoms with van der Waals surface area (Å²) in [5.41, 5.74) is 3.04. The van der Waals surface area contributed by atoms with Crippen LogP contribution in [0, 0.1) is 0 Å². The molecule has 2 unspecified atom stereocenters. The fraction of sp³-hybridized carbons (Fsp3) is 0.542. The Morgan fingerprint density at radius 3 is 2.02 bits per heavy atom. The van der Waals surface area contributed by atoms with E-state index in [9.17, 15) is 14.4 Å². The molecule has 8 nitrogen and oxygen atoms in total. The summed E-state index contributed by atoms with van der Waals surface area (Å²) in [7, 11) is 0. The van der Waals surface area contributed by atoms with E-state index in [0.717, 1.165) is 42.7 Å². The van der Waals surface area contributed by atoms with Crippen molar-refractivity contribution in [2.45, 2.75) is 161 Å². The van der Waals surface area contributed by atoms with Gasteiger partial charge in [-0.3, -0.25) is 14.4 Å². The Hall–Kier alpha value is -3.24. The number of hydrazone groups is 1. The molecule has 328 valence electrons. The van der Waals surface area contributed by atoms with Crippen LogP contribution in [-0.2, 0) is 20.4 Å². The van der Waals surface area contributed by atoms with Gasteiger partial charge in [0.2, 0.25) is 0 Å². The van der Waals surface area contributed by atoms with Crippen molar-refractivity contribution >= 4 is 81.5 Å². The van der Waals surface area contributed by atoms with E-state index in [4.69, 9.17) is 39.5 Å². The molecule has 1 aliphatic heterocycles. The van der Waals surface area contributed by atoms with Crippen LogP contribution < -0.4 is 20.4 Å². The van der Waals surface area contributed by atoms with E-state index in [1.54, 1.807) is 24.3 Å². The molecule has 0 bridgehead atoms. The highest BCUT2D eigenvalue weighted by atomic mass is 35.5. The summed E-state index contributed by atoms with van der Waals surface area (Å²) in [4.78, 5) is 41.5. The van der Waals surface area contributed by atoms with Crippen LogP contribution in [-0.4, -0.2) is 40.7 Å². The van der Waals surface area contributed by atoms with Gasteiger partial charge in [0.1, 0.15) is 16.7 Å². The van der Waals surface area contributed by atoms with Gasteiger partial charge in [0.15, 0.2) is 11.9 Å². The van der Waals surface area contributed by atoms with Gasteiger partial charge in [-0.1, -0.05) is 166 Å². The van der Waals surface area contributed by atoms with Crippen LogP contribution >= 0.6 is 46.6 Å². The highest BCUT2D eigenvalue weighted by molar-refractivity contribution is 8.01. The molecule has 0 radical (unpaired) electrons. The van der Waals surface area contributed by atoms with Crippen LogP contribution in [0.2, 0.25) is 15.1 Å². The zero-order chi connectivity index (χ0) is 44.0. The van der Waals surface area contributed by atoms with E-state index in [1.807, 2.05) is 13.0 Å². The maximum atomic E-state index is 13.9. The van der Waals surface area contributed by atoms with Gasteiger partial charge in [0, 0.05) is 21.8 Å². The lowest BCUT2D eigenvalue weighted by Gasteiger charge is -2.31. The predicted octanol–water partition coefficient (Wildman–Crippen LogP) is 13.9. The minimum atomic E-state index is -0.787. The van der Waals surface area contributed by atoms with E-state index >= 15 is 0 Å². The summed E-state index contributed by atoms with van der Waals surface area (Å²) in [6.45, 7) is 17.4. The Bertz CT molecular complexity index is 1950. The van der Waals surface area contributed by atoms with Crippen molar-refractivity contribution in [2.75, 3.05) is 16.1 Å². The first-order chi connectivity index (χ1) is 28.6. The minimum Gasteiger partial charge on any atom is -0.480 e. The number of benzene rings is 3. The van der Waals surface area contributed by atoms with Gasteiger partial charge >= 0.3 is 0 Å². The molecule has 60 heavy (non-hydrogen) atoms. The largest absolute Gasteiger partial charge is 0.480 e. The number of rotatable bonds is 23. The van der Waals surface area contributed by atoms with Gasteiger partial charge in [0.05, 0.1) is 10.0 Å². The molecule has 3 aromatic carbocycles. The number of carbonyl (C=O) groups excluding carboxylic acids is 3. The first-order valence-electron chi connectivity index (χ1n) is 21.8. The normalized spacial score (nSPS) is 14.9. The van der Waals surface area contributed by atoms with Gasteiger partial charge < -0.3 is 15.4 Å². The van der Waals surface area contributed by atoms with Crippen LogP contribution in [0.3, 0.4) is 0 Å². The lowest BCUT2D eigenvalue weighted by atomic mass is 9.76. The first kappa shape index (κ1) is 49.4. The molecule has 0 spiro atoms. The SMILES string of the molecule is CCCCCCCCCCCCSC1C(=O)N(c2c(Cl)cc(Cl)cc2Cl)N=C1NC(=O)c1cccc(NC(=O)C(CC)Oc2ccc(C(C)(C)CC)cc2C(C)(C)CC)c1. The number of hydrogen-bond donors (Lipinski definition) is 2. The third-order valence-corrected chi connectivity index (χ3v) is 13.8. The van der Waals surface area contributed by atoms with Crippen LogP contribution in [0.4, 0.5) is 11.4 Å². The molecule has 4 rings (SSSR count). The fourth-order valence-corrected chi connectivity index (χ4v) is 9.06. The average molecular weight is 900 g/mol. The van der Waals surface area contributed by atoms with Crippen LogP contribution in [0.15, 0.2) is 59.7 Å². The lowest BCUT2D eigenvalue weighted by Crippen LogP contribution is -2.39. The maximum absolute atomic E-state index is 13.9. The highest BCUT2D eigenvalue weighted by Gasteiger charge is 2.40. The van der Waals surface area contributed by atoms with Crippen LogP contribution in [0.1, 0.15) is 160 Å². The number of hydrogen-bond acceptors (Lipinski definition) is 6. The quantitative estimate of drug-likeness (QED) is 0.0924. The van der Waals surface area contributed by atoms with Crippen LogP contribution in [0.25, 0.3) is 0 Å². The predicted molar refractivity (Wildman–Crippen MR) is 255 cm³/mol. The van der Waals surface area contributed by atoms with Crippen molar-refractivity contribution in [1.82, 2.24) is 5.32 Å². The summed E-state index contributed by atoms with van der Waals surface area (Å²) in [6, 6.07) is 16.0. The summed E-state index contributed by atoms with van der Waals surface area (Å²) in [5.74, 6) is 0.400. The van der Waals surface area contributed by atoms with Crippen molar-refractivity contribution in [3.8, 4) is 5.75 Å². The number of carbonyl (C=O) groups is 3. The molecule has 0 saturated heterocycles. The number of thioether (sulfide) groups is 1. The third kappa shape index (κ3) is 13.4. The van der Waals surface area contributed by atoms with Crippen molar-refractivity contribution in [3.63, 3.8) is 0 Å². The molecule has 12 heteroatoms.